The SMILES string of the molecule is C=CCOC(=O)C(c1ccccc1)c1ccc(C)cc1. The van der Waals surface area contributed by atoms with Crippen molar-refractivity contribution in [3.63, 3.8) is 0 Å². The first-order valence-electron chi connectivity index (χ1n) is 6.61. The summed E-state index contributed by atoms with van der Waals surface area (Å²) in [6, 6.07) is 17.6. The van der Waals surface area contributed by atoms with Gasteiger partial charge in [0.15, 0.2) is 0 Å². The Bertz CT molecular complexity index is 570. The van der Waals surface area contributed by atoms with Gasteiger partial charge in [0.25, 0.3) is 0 Å². The summed E-state index contributed by atoms with van der Waals surface area (Å²) in [7, 11) is 0. The molecule has 2 nitrogen and oxygen atoms in total. The van der Waals surface area contributed by atoms with E-state index in [2.05, 4.69) is 6.58 Å². The highest BCUT2D eigenvalue weighted by Crippen LogP contribution is 2.26. The number of carbonyl (C=O) groups is 1. The summed E-state index contributed by atoms with van der Waals surface area (Å²) in [5.41, 5.74) is 3.04. The van der Waals surface area contributed by atoms with Gasteiger partial charge in [0.2, 0.25) is 0 Å². The maximum atomic E-state index is 12.3. The average molecular weight is 266 g/mol. The fraction of sp³-hybridized carbons (Fsp3) is 0.167. The first kappa shape index (κ1) is 14.1. The number of rotatable bonds is 5. The predicted molar refractivity (Wildman–Crippen MR) is 80.6 cm³/mol. The molecule has 0 heterocycles. The third-order valence-corrected chi connectivity index (χ3v) is 3.12. The third kappa shape index (κ3) is 3.35. The second kappa shape index (κ2) is 6.71. The number of hydrogen-bond donors (Lipinski definition) is 0. The van der Waals surface area contributed by atoms with Crippen molar-refractivity contribution >= 4 is 5.97 Å². The van der Waals surface area contributed by atoms with E-state index >= 15 is 0 Å². The molecule has 2 heteroatoms. The van der Waals surface area contributed by atoms with E-state index in [9.17, 15) is 4.79 Å². The molecule has 0 aliphatic rings. The van der Waals surface area contributed by atoms with Crippen LogP contribution in [0.2, 0.25) is 0 Å². The van der Waals surface area contributed by atoms with E-state index in [-0.39, 0.29) is 12.6 Å². The van der Waals surface area contributed by atoms with Crippen molar-refractivity contribution in [3.05, 3.63) is 83.9 Å². The quantitative estimate of drug-likeness (QED) is 0.607. The second-order valence-electron chi connectivity index (χ2n) is 4.67. The van der Waals surface area contributed by atoms with E-state index in [0.29, 0.717) is 0 Å². The zero-order valence-electron chi connectivity index (χ0n) is 11.6. The molecule has 0 saturated carbocycles. The second-order valence-corrected chi connectivity index (χ2v) is 4.67. The molecule has 0 amide bonds. The van der Waals surface area contributed by atoms with Gasteiger partial charge in [-0.15, -0.1) is 0 Å². The first-order valence-corrected chi connectivity index (χ1v) is 6.61. The van der Waals surface area contributed by atoms with Gasteiger partial charge in [-0.2, -0.15) is 0 Å². The highest BCUT2D eigenvalue weighted by atomic mass is 16.5. The van der Waals surface area contributed by atoms with E-state index in [1.807, 2.05) is 61.5 Å². The monoisotopic (exact) mass is 266 g/mol. The summed E-state index contributed by atoms with van der Waals surface area (Å²) in [5.74, 6) is -0.642. The third-order valence-electron chi connectivity index (χ3n) is 3.12. The molecule has 0 aliphatic heterocycles. The van der Waals surface area contributed by atoms with Gasteiger partial charge in [-0.25, -0.2) is 0 Å². The van der Waals surface area contributed by atoms with Gasteiger partial charge in [-0.1, -0.05) is 72.8 Å². The van der Waals surface area contributed by atoms with Gasteiger partial charge in [0.05, 0.1) is 0 Å². The molecule has 0 aliphatic carbocycles. The minimum absolute atomic E-state index is 0.230. The lowest BCUT2D eigenvalue weighted by Crippen LogP contribution is -2.17. The highest BCUT2D eigenvalue weighted by molar-refractivity contribution is 5.82. The van der Waals surface area contributed by atoms with Gasteiger partial charge < -0.3 is 4.74 Å². The molecule has 1 atom stereocenters. The maximum Gasteiger partial charge on any atom is 0.318 e. The summed E-state index contributed by atoms with van der Waals surface area (Å²) < 4.78 is 5.24. The van der Waals surface area contributed by atoms with Crippen LogP contribution in [0.1, 0.15) is 22.6 Å². The summed E-state index contributed by atoms with van der Waals surface area (Å²) in [6.07, 6.45) is 1.58. The number of carbonyl (C=O) groups excluding carboxylic acids is 1. The molecule has 0 saturated heterocycles. The predicted octanol–water partition coefficient (Wildman–Crippen LogP) is 3.86. The maximum absolute atomic E-state index is 12.3. The summed E-state index contributed by atoms with van der Waals surface area (Å²) in [6.45, 7) is 5.83. The molecule has 0 N–H and O–H groups in total. The van der Waals surface area contributed by atoms with Crippen LogP contribution < -0.4 is 0 Å². The number of esters is 1. The van der Waals surface area contributed by atoms with Gasteiger partial charge in [-0.3, -0.25) is 4.79 Å². The zero-order chi connectivity index (χ0) is 14.4. The molecule has 0 fully saturated rings. The molecular formula is C18H18O2. The van der Waals surface area contributed by atoms with E-state index in [4.69, 9.17) is 4.74 Å². The lowest BCUT2D eigenvalue weighted by atomic mass is 9.91. The van der Waals surface area contributed by atoms with Gasteiger partial charge >= 0.3 is 5.97 Å². The number of aryl methyl sites for hydroxylation is 1. The molecule has 1 unspecified atom stereocenters. The van der Waals surface area contributed by atoms with Crippen LogP contribution >= 0.6 is 0 Å². The Labute approximate surface area is 119 Å². The van der Waals surface area contributed by atoms with Gasteiger partial charge in [0, 0.05) is 0 Å². The standard InChI is InChI=1S/C18H18O2/c1-3-13-20-18(19)17(15-7-5-4-6-8-15)16-11-9-14(2)10-12-16/h3-12,17H,1,13H2,2H3. The molecule has 2 aromatic carbocycles. The molecule has 0 bridgehead atoms. The lowest BCUT2D eigenvalue weighted by Gasteiger charge is -2.16. The van der Waals surface area contributed by atoms with Crippen molar-refractivity contribution in [1.29, 1.82) is 0 Å². The normalized spacial score (nSPS) is 11.7. The van der Waals surface area contributed by atoms with Crippen LogP contribution in [0.5, 0.6) is 0 Å². The van der Waals surface area contributed by atoms with Gasteiger partial charge in [-0.05, 0) is 18.1 Å². The van der Waals surface area contributed by atoms with Crippen LogP contribution in [0.15, 0.2) is 67.3 Å². The van der Waals surface area contributed by atoms with Crippen molar-refractivity contribution in [2.45, 2.75) is 12.8 Å². The lowest BCUT2D eigenvalue weighted by molar-refractivity contribution is -0.143. The van der Waals surface area contributed by atoms with Crippen molar-refractivity contribution < 1.29 is 9.53 Å². The average Bonchev–Trinajstić information content (AvgIpc) is 2.48. The Morgan fingerprint density at radius 1 is 1.10 bits per heavy atom. The number of ether oxygens (including phenoxy) is 1. The first-order chi connectivity index (χ1) is 9.72. The van der Waals surface area contributed by atoms with Gasteiger partial charge in [0.1, 0.15) is 12.5 Å². The molecule has 0 spiro atoms. The minimum atomic E-state index is -0.392. The van der Waals surface area contributed by atoms with Crippen LogP contribution in [0.4, 0.5) is 0 Å². The molecule has 2 rings (SSSR count). The number of hydrogen-bond acceptors (Lipinski definition) is 2. The molecule has 102 valence electrons. The Hall–Kier alpha value is -2.35. The molecule has 0 radical (unpaired) electrons. The number of benzene rings is 2. The largest absolute Gasteiger partial charge is 0.461 e. The Kier molecular flexibility index (Phi) is 4.72. The molecular weight excluding hydrogens is 248 g/mol. The highest BCUT2D eigenvalue weighted by Gasteiger charge is 2.23. The minimum Gasteiger partial charge on any atom is -0.461 e. The van der Waals surface area contributed by atoms with Crippen molar-refractivity contribution in [2.75, 3.05) is 6.61 Å². The Morgan fingerprint density at radius 2 is 1.70 bits per heavy atom. The molecule has 2 aromatic rings. The summed E-state index contributed by atoms with van der Waals surface area (Å²) >= 11 is 0. The smallest absolute Gasteiger partial charge is 0.318 e. The topological polar surface area (TPSA) is 26.3 Å². The van der Waals surface area contributed by atoms with Crippen molar-refractivity contribution in [1.82, 2.24) is 0 Å². The fourth-order valence-electron chi connectivity index (χ4n) is 2.09. The van der Waals surface area contributed by atoms with E-state index in [1.165, 1.54) is 5.56 Å². The van der Waals surface area contributed by atoms with Crippen LogP contribution in [-0.4, -0.2) is 12.6 Å². The van der Waals surface area contributed by atoms with Crippen LogP contribution in [0.3, 0.4) is 0 Å². The van der Waals surface area contributed by atoms with Crippen molar-refractivity contribution in [2.24, 2.45) is 0 Å². The summed E-state index contributed by atoms with van der Waals surface area (Å²) in [4.78, 5) is 12.3. The fourth-order valence-corrected chi connectivity index (χ4v) is 2.09. The van der Waals surface area contributed by atoms with E-state index in [0.717, 1.165) is 11.1 Å². The van der Waals surface area contributed by atoms with Crippen LogP contribution in [0, 0.1) is 6.92 Å². The van der Waals surface area contributed by atoms with E-state index in [1.54, 1.807) is 6.08 Å². The zero-order valence-corrected chi connectivity index (χ0v) is 11.6. The van der Waals surface area contributed by atoms with Crippen LogP contribution in [-0.2, 0) is 9.53 Å². The molecule has 20 heavy (non-hydrogen) atoms. The Morgan fingerprint density at radius 3 is 2.30 bits per heavy atom. The Balaban J connectivity index is 2.36. The van der Waals surface area contributed by atoms with Crippen LogP contribution in [0.25, 0.3) is 0 Å². The van der Waals surface area contributed by atoms with Crippen molar-refractivity contribution in [3.8, 4) is 0 Å². The summed E-state index contributed by atoms with van der Waals surface area (Å²) in [5, 5.41) is 0. The molecule has 0 aromatic heterocycles. The van der Waals surface area contributed by atoms with E-state index < -0.39 is 5.92 Å².